The van der Waals surface area contributed by atoms with Crippen molar-refractivity contribution in [3.63, 3.8) is 0 Å². The summed E-state index contributed by atoms with van der Waals surface area (Å²) in [6.07, 6.45) is -7.71. The van der Waals surface area contributed by atoms with Crippen molar-refractivity contribution in [3.05, 3.63) is 69.7 Å². The number of aromatic nitrogens is 4. The van der Waals surface area contributed by atoms with Crippen LogP contribution in [-0.2, 0) is 12.4 Å². The first-order chi connectivity index (χ1) is 23.1. The molecule has 0 unspecified atom stereocenters. The van der Waals surface area contributed by atoms with E-state index in [0.717, 1.165) is 24.3 Å². The lowest BCUT2D eigenvalue weighted by Gasteiger charge is -2.41. The van der Waals surface area contributed by atoms with E-state index >= 15 is 0 Å². The molecule has 0 amide bonds. The first kappa shape index (κ1) is 37.1. The van der Waals surface area contributed by atoms with E-state index in [0.29, 0.717) is 25.7 Å². The number of alkyl halides is 6. The largest absolute Gasteiger partial charge is 0.507 e. The van der Waals surface area contributed by atoms with Gasteiger partial charge in [0.05, 0.1) is 22.3 Å². The summed E-state index contributed by atoms with van der Waals surface area (Å²) in [5.74, 6) is -0.902. The molecule has 0 bridgehead atoms. The molecule has 268 valence electrons. The maximum absolute atomic E-state index is 13.4. The lowest BCUT2D eigenvalue weighted by Crippen LogP contribution is -2.48. The second kappa shape index (κ2) is 13.5. The molecule has 6 N–H and O–H groups in total. The van der Waals surface area contributed by atoms with Gasteiger partial charge in [-0.2, -0.15) is 26.3 Å². The number of phenols is 2. The first-order valence-electron chi connectivity index (χ1n) is 15.0. The van der Waals surface area contributed by atoms with Gasteiger partial charge in [0.1, 0.15) is 34.5 Å². The Bertz CT molecular complexity index is 1740. The number of nitrogens with one attached hydrogen (secondary N) is 2. The predicted molar refractivity (Wildman–Crippen MR) is 173 cm³/mol. The van der Waals surface area contributed by atoms with Crippen LogP contribution in [0.1, 0.15) is 50.7 Å². The van der Waals surface area contributed by atoms with Crippen LogP contribution in [0, 0.1) is 0 Å². The third kappa shape index (κ3) is 8.78. The first-order valence-corrected chi connectivity index (χ1v) is 15.7. The van der Waals surface area contributed by atoms with Gasteiger partial charge in [-0.05, 0) is 88.1 Å². The molecule has 0 spiro atoms. The van der Waals surface area contributed by atoms with E-state index in [1.54, 1.807) is 13.8 Å². The van der Waals surface area contributed by atoms with Gasteiger partial charge in [0, 0.05) is 33.3 Å². The SMILES string of the molecule is CC1(O)CC(Nc2cc(C(F)(F)F)c(-c3ccc(Cl)cc3O)nn2)C1.C[C@]1(O)C[C@H](Nc2cc(C(F)(F)F)c(-c3ccc(Cl)cc3O)nn2)C1. The van der Waals surface area contributed by atoms with Gasteiger partial charge < -0.3 is 31.1 Å². The molecule has 0 atom stereocenters. The van der Waals surface area contributed by atoms with Crippen molar-refractivity contribution in [2.45, 2.75) is 75.2 Å². The van der Waals surface area contributed by atoms with Crippen molar-refractivity contribution < 1.29 is 46.8 Å². The summed E-state index contributed by atoms with van der Waals surface area (Å²) >= 11 is 11.4. The highest BCUT2D eigenvalue weighted by atomic mass is 35.5. The van der Waals surface area contributed by atoms with Crippen molar-refractivity contribution in [1.82, 2.24) is 20.4 Å². The van der Waals surface area contributed by atoms with E-state index < -0.39 is 57.6 Å². The highest BCUT2D eigenvalue weighted by Crippen LogP contribution is 2.43. The molecule has 2 aromatic carbocycles. The second-order valence-corrected chi connectivity index (χ2v) is 13.7. The standard InChI is InChI=1S/2C16H15ClF3N3O2/c2*1-15(25)6-9(7-15)21-13-5-11(16(18,19)20)14(23-22-13)10-3-2-8(17)4-12(10)24/h2*2-5,9,24-25H,6-7H2,1H3,(H,21,22)/t9-,15-;. The number of hydrogen-bond donors (Lipinski definition) is 6. The summed E-state index contributed by atoms with van der Waals surface area (Å²) < 4.78 is 80.6. The normalized spacial score (nSPS) is 23.2. The van der Waals surface area contributed by atoms with Crippen LogP contribution in [-0.4, -0.2) is 64.1 Å². The van der Waals surface area contributed by atoms with E-state index in [4.69, 9.17) is 23.2 Å². The molecule has 2 saturated carbocycles. The lowest BCUT2D eigenvalue weighted by atomic mass is 9.77. The molecular formula is C32H30Cl2F6N6O4. The Labute approximate surface area is 291 Å². The molecule has 6 rings (SSSR count). The predicted octanol–water partition coefficient (Wildman–Crippen LogP) is 7.69. The number of rotatable bonds is 6. The van der Waals surface area contributed by atoms with Crippen LogP contribution < -0.4 is 10.6 Å². The van der Waals surface area contributed by atoms with Crippen LogP contribution in [0.25, 0.3) is 22.5 Å². The molecule has 0 aliphatic heterocycles. The average molecular weight is 748 g/mol. The maximum Gasteiger partial charge on any atom is 0.418 e. The van der Waals surface area contributed by atoms with Crippen molar-refractivity contribution in [1.29, 1.82) is 0 Å². The smallest absolute Gasteiger partial charge is 0.418 e. The Morgan fingerprint density at radius 2 is 0.960 bits per heavy atom. The van der Waals surface area contributed by atoms with Crippen LogP contribution in [0.5, 0.6) is 11.5 Å². The maximum atomic E-state index is 13.4. The Balaban J connectivity index is 0.000000194. The van der Waals surface area contributed by atoms with Crippen molar-refractivity contribution >= 4 is 34.8 Å². The fourth-order valence-corrected chi connectivity index (χ4v) is 6.12. The van der Waals surface area contributed by atoms with Gasteiger partial charge >= 0.3 is 12.4 Å². The summed E-state index contributed by atoms with van der Waals surface area (Å²) in [7, 11) is 0. The van der Waals surface area contributed by atoms with Crippen LogP contribution >= 0.6 is 23.2 Å². The molecule has 2 aliphatic rings. The minimum absolute atomic E-state index is 0.0370. The Morgan fingerprint density at radius 1 is 0.620 bits per heavy atom. The third-order valence-corrected chi connectivity index (χ3v) is 8.55. The van der Waals surface area contributed by atoms with Gasteiger partial charge in [-0.3, -0.25) is 0 Å². The third-order valence-electron chi connectivity index (χ3n) is 8.08. The molecule has 2 fully saturated rings. The van der Waals surface area contributed by atoms with Gasteiger partial charge in [0.15, 0.2) is 0 Å². The molecule has 4 aromatic rings. The van der Waals surface area contributed by atoms with E-state index in [1.807, 2.05) is 0 Å². The lowest BCUT2D eigenvalue weighted by molar-refractivity contribution is -0.138. The zero-order chi connectivity index (χ0) is 36.8. The van der Waals surface area contributed by atoms with Crippen molar-refractivity contribution in [3.8, 4) is 34.0 Å². The average Bonchev–Trinajstić information content (AvgIpc) is 2.95. The molecule has 2 heterocycles. The van der Waals surface area contributed by atoms with Gasteiger partial charge in [-0.15, -0.1) is 20.4 Å². The van der Waals surface area contributed by atoms with E-state index in [1.165, 1.54) is 24.3 Å². The van der Waals surface area contributed by atoms with E-state index in [-0.39, 0.29) is 44.9 Å². The Hall–Kier alpha value is -4.12. The highest BCUT2D eigenvalue weighted by Gasteiger charge is 2.41. The fourth-order valence-electron chi connectivity index (χ4n) is 5.79. The molecule has 0 radical (unpaired) electrons. The number of nitrogens with zero attached hydrogens (tertiary/aromatic N) is 4. The molecular weight excluding hydrogens is 717 g/mol. The number of anilines is 2. The zero-order valence-electron chi connectivity index (χ0n) is 26.2. The number of aromatic hydroxyl groups is 2. The van der Waals surface area contributed by atoms with Crippen LogP contribution in [0.3, 0.4) is 0 Å². The number of hydrogen-bond acceptors (Lipinski definition) is 10. The number of aliphatic hydroxyl groups is 2. The summed E-state index contributed by atoms with van der Waals surface area (Å²) in [5, 5.41) is 60.1. The highest BCUT2D eigenvalue weighted by molar-refractivity contribution is 6.31. The minimum Gasteiger partial charge on any atom is -0.507 e. The monoisotopic (exact) mass is 746 g/mol. The van der Waals surface area contributed by atoms with Crippen molar-refractivity contribution in [2.75, 3.05) is 10.6 Å². The molecule has 0 saturated heterocycles. The Kier molecular flexibility index (Phi) is 10.1. The quantitative estimate of drug-likeness (QED) is 0.108. The van der Waals surface area contributed by atoms with Crippen LogP contribution in [0.4, 0.5) is 38.0 Å². The molecule has 2 aliphatic carbocycles. The summed E-state index contributed by atoms with van der Waals surface area (Å²) in [4.78, 5) is 0. The number of halogens is 8. The summed E-state index contributed by atoms with van der Waals surface area (Å²) in [6, 6.07) is 8.89. The van der Waals surface area contributed by atoms with Gasteiger partial charge in [-0.25, -0.2) is 0 Å². The molecule has 10 nitrogen and oxygen atoms in total. The Morgan fingerprint density at radius 3 is 1.24 bits per heavy atom. The van der Waals surface area contributed by atoms with E-state index in [2.05, 4.69) is 31.0 Å². The van der Waals surface area contributed by atoms with Gasteiger partial charge in [0.25, 0.3) is 0 Å². The topological polar surface area (TPSA) is 157 Å². The minimum atomic E-state index is -4.68. The van der Waals surface area contributed by atoms with Crippen molar-refractivity contribution in [2.24, 2.45) is 0 Å². The summed E-state index contributed by atoms with van der Waals surface area (Å²) in [6.45, 7) is 3.31. The zero-order valence-corrected chi connectivity index (χ0v) is 27.7. The van der Waals surface area contributed by atoms with E-state index in [9.17, 15) is 46.8 Å². The fraction of sp³-hybridized carbons (Fsp3) is 0.375. The second-order valence-electron chi connectivity index (χ2n) is 12.8. The van der Waals surface area contributed by atoms with Crippen LogP contribution in [0.15, 0.2) is 48.5 Å². The summed E-state index contributed by atoms with van der Waals surface area (Å²) in [5.41, 5.74) is -4.84. The molecule has 2 aromatic heterocycles. The van der Waals surface area contributed by atoms with Gasteiger partial charge in [-0.1, -0.05) is 23.2 Å². The number of benzene rings is 2. The number of phenolic OH excluding ortho intramolecular Hbond substituents is 2. The molecule has 18 heteroatoms. The molecule has 50 heavy (non-hydrogen) atoms. The van der Waals surface area contributed by atoms with Gasteiger partial charge in [0.2, 0.25) is 0 Å². The van der Waals surface area contributed by atoms with Crippen LogP contribution in [0.2, 0.25) is 10.0 Å².